The lowest BCUT2D eigenvalue weighted by Gasteiger charge is -2.41. The third kappa shape index (κ3) is 3.49. The van der Waals surface area contributed by atoms with Gasteiger partial charge in [-0.05, 0) is 49.7 Å². The second-order valence-electron chi connectivity index (χ2n) is 6.98. The van der Waals surface area contributed by atoms with Crippen LogP contribution in [0, 0.1) is 0 Å². The van der Waals surface area contributed by atoms with Gasteiger partial charge >= 0.3 is 0 Å². The first kappa shape index (κ1) is 15.1. The Bertz CT molecular complexity index is 457. The fraction of sp³-hybridized carbons (Fsp3) is 0.684. The Hall–Kier alpha value is -0.860. The van der Waals surface area contributed by atoms with Crippen LogP contribution in [0.3, 0.4) is 0 Å². The SMILES string of the molecule is CCCC1CN(CC2CCCc3ccccc32)C(C)CN1. The number of rotatable bonds is 4. The van der Waals surface area contributed by atoms with Crippen LogP contribution in [-0.4, -0.2) is 36.6 Å². The number of hydrogen-bond donors (Lipinski definition) is 1. The Morgan fingerprint density at radius 2 is 2.14 bits per heavy atom. The molecular formula is C19H30N2. The number of piperazine rings is 1. The third-order valence-electron chi connectivity index (χ3n) is 5.37. The molecular weight excluding hydrogens is 256 g/mol. The molecule has 1 N–H and O–H groups in total. The molecule has 1 saturated heterocycles. The van der Waals surface area contributed by atoms with Crippen molar-refractivity contribution in [2.24, 2.45) is 0 Å². The monoisotopic (exact) mass is 286 g/mol. The molecule has 0 spiro atoms. The average Bonchev–Trinajstić information content (AvgIpc) is 2.51. The minimum atomic E-state index is 0.673. The van der Waals surface area contributed by atoms with E-state index in [0.717, 1.165) is 12.5 Å². The Kier molecular flexibility index (Phi) is 4.97. The second kappa shape index (κ2) is 6.93. The lowest BCUT2D eigenvalue weighted by atomic mass is 9.82. The predicted molar refractivity (Wildman–Crippen MR) is 89.9 cm³/mol. The van der Waals surface area contributed by atoms with Crippen LogP contribution in [-0.2, 0) is 6.42 Å². The van der Waals surface area contributed by atoms with Crippen LogP contribution in [0.4, 0.5) is 0 Å². The van der Waals surface area contributed by atoms with Crippen molar-refractivity contribution >= 4 is 0 Å². The number of fused-ring (bicyclic) bond motifs is 1. The number of hydrogen-bond acceptors (Lipinski definition) is 2. The maximum absolute atomic E-state index is 3.71. The Labute approximate surface area is 129 Å². The summed E-state index contributed by atoms with van der Waals surface area (Å²) < 4.78 is 0. The molecule has 3 atom stereocenters. The Morgan fingerprint density at radius 1 is 1.29 bits per heavy atom. The smallest absolute Gasteiger partial charge is 0.0195 e. The van der Waals surface area contributed by atoms with Gasteiger partial charge in [0.2, 0.25) is 0 Å². The molecule has 0 radical (unpaired) electrons. The number of nitrogens with one attached hydrogen (secondary N) is 1. The first-order valence-corrected chi connectivity index (χ1v) is 8.83. The lowest BCUT2D eigenvalue weighted by molar-refractivity contribution is 0.126. The summed E-state index contributed by atoms with van der Waals surface area (Å²) in [5.41, 5.74) is 3.23. The summed E-state index contributed by atoms with van der Waals surface area (Å²) in [4.78, 5) is 2.74. The summed E-state index contributed by atoms with van der Waals surface area (Å²) in [5, 5.41) is 3.71. The quantitative estimate of drug-likeness (QED) is 0.910. The highest BCUT2D eigenvalue weighted by molar-refractivity contribution is 5.32. The molecule has 0 aromatic heterocycles. The van der Waals surface area contributed by atoms with Gasteiger partial charge in [0.05, 0.1) is 0 Å². The molecule has 3 unspecified atom stereocenters. The molecule has 2 nitrogen and oxygen atoms in total. The summed E-state index contributed by atoms with van der Waals surface area (Å²) in [6.45, 7) is 8.30. The summed E-state index contributed by atoms with van der Waals surface area (Å²) in [5.74, 6) is 0.748. The van der Waals surface area contributed by atoms with Crippen LogP contribution in [0.15, 0.2) is 24.3 Å². The van der Waals surface area contributed by atoms with E-state index in [1.165, 1.54) is 45.2 Å². The van der Waals surface area contributed by atoms with Crippen molar-refractivity contribution in [1.29, 1.82) is 0 Å². The summed E-state index contributed by atoms with van der Waals surface area (Å²) in [7, 11) is 0. The Morgan fingerprint density at radius 3 is 3.00 bits per heavy atom. The van der Waals surface area contributed by atoms with E-state index in [0.29, 0.717) is 12.1 Å². The van der Waals surface area contributed by atoms with Gasteiger partial charge in [-0.2, -0.15) is 0 Å². The van der Waals surface area contributed by atoms with Crippen molar-refractivity contribution in [1.82, 2.24) is 10.2 Å². The molecule has 3 rings (SSSR count). The molecule has 2 heteroatoms. The highest BCUT2D eigenvalue weighted by Gasteiger charge is 2.28. The molecule has 1 heterocycles. The minimum Gasteiger partial charge on any atom is -0.311 e. The molecule has 0 bridgehead atoms. The van der Waals surface area contributed by atoms with Crippen LogP contribution >= 0.6 is 0 Å². The second-order valence-corrected chi connectivity index (χ2v) is 6.98. The molecule has 1 aliphatic heterocycles. The molecule has 0 saturated carbocycles. The van der Waals surface area contributed by atoms with Gasteiger partial charge in [0.25, 0.3) is 0 Å². The lowest BCUT2D eigenvalue weighted by Crippen LogP contribution is -2.56. The van der Waals surface area contributed by atoms with Crippen LogP contribution in [0.2, 0.25) is 0 Å². The van der Waals surface area contributed by atoms with Gasteiger partial charge in [-0.25, -0.2) is 0 Å². The van der Waals surface area contributed by atoms with Crippen molar-refractivity contribution in [3.8, 4) is 0 Å². The average molecular weight is 286 g/mol. The van der Waals surface area contributed by atoms with E-state index >= 15 is 0 Å². The highest BCUT2D eigenvalue weighted by Crippen LogP contribution is 2.32. The molecule has 1 aromatic carbocycles. The van der Waals surface area contributed by atoms with Crippen molar-refractivity contribution in [2.45, 2.75) is 64.0 Å². The number of benzene rings is 1. The van der Waals surface area contributed by atoms with Gasteiger partial charge in [-0.3, -0.25) is 4.90 Å². The van der Waals surface area contributed by atoms with Gasteiger partial charge in [-0.1, -0.05) is 37.6 Å². The molecule has 116 valence electrons. The van der Waals surface area contributed by atoms with Gasteiger partial charge in [0, 0.05) is 31.7 Å². The normalized spacial score (nSPS) is 30.1. The van der Waals surface area contributed by atoms with E-state index in [2.05, 4.69) is 48.3 Å². The first-order chi connectivity index (χ1) is 10.3. The zero-order chi connectivity index (χ0) is 14.7. The van der Waals surface area contributed by atoms with E-state index in [1.54, 1.807) is 11.1 Å². The molecule has 1 aromatic rings. The highest BCUT2D eigenvalue weighted by atomic mass is 15.2. The molecule has 1 aliphatic carbocycles. The predicted octanol–water partition coefficient (Wildman–Crippen LogP) is 3.57. The zero-order valence-corrected chi connectivity index (χ0v) is 13.6. The Balaban J connectivity index is 1.68. The summed E-state index contributed by atoms with van der Waals surface area (Å²) in [6, 6.07) is 10.5. The standard InChI is InChI=1S/C19H30N2/c1-3-7-18-14-21(15(2)12-20-18)13-17-10-6-9-16-8-4-5-11-19(16)17/h4-5,8,11,15,17-18,20H,3,6-7,9-10,12-14H2,1-2H3. The van der Waals surface area contributed by atoms with E-state index in [4.69, 9.17) is 0 Å². The molecule has 21 heavy (non-hydrogen) atoms. The van der Waals surface area contributed by atoms with Crippen molar-refractivity contribution in [2.75, 3.05) is 19.6 Å². The topological polar surface area (TPSA) is 15.3 Å². The van der Waals surface area contributed by atoms with Crippen LogP contribution in [0.5, 0.6) is 0 Å². The fourth-order valence-electron chi connectivity index (χ4n) is 4.12. The van der Waals surface area contributed by atoms with Crippen molar-refractivity contribution in [3.05, 3.63) is 35.4 Å². The maximum atomic E-state index is 3.71. The molecule has 2 aliphatic rings. The summed E-state index contributed by atoms with van der Waals surface area (Å²) in [6.07, 6.45) is 6.60. The zero-order valence-electron chi connectivity index (χ0n) is 13.6. The summed E-state index contributed by atoms with van der Waals surface area (Å²) >= 11 is 0. The van der Waals surface area contributed by atoms with E-state index < -0.39 is 0 Å². The van der Waals surface area contributed by atoms with Crippen LogP contribution < -0.4 is 5.32 Å². The number of nitrogens with zero attached hydrogens (tertiary/aromatic N) is 1. The van der Waals surface area contributed by atoms with Gasteiger partial charge in [0.1, 0.15) is 0 Å². The van der Waals surface area contributed by atoms with Crippen LogP contribution in [0.25, 0.3) is 0 Å². The van der Waals surface area contributed by atoms with Gasteiger partial charge < -0.3 is 5.32 Å². The van der Waals surface area contributed by atoms with Crippen LogP contribution in [0.1, 0.15) is 56.6 Å². The molecule has 0 amide bonds. The van der Waals surface area contributed by atoms with Gasteiger partial charge in [0.15, 0.2) is 0 Å². The fourth-order valence-corrected chi connectivity index (χ4v) is 4.12. The van der Waals surface area contributed by atoms with E-state index in [-0.39, 0.29) is 0 Å². The third-order valence-corrected chi connectivity index (χ3v) is 5.37. The molecule has 1 fully saturated rings. The largest absolute Gasteiger partial charge is 0.311 e. The van der Waals surface area contributed by atoms with E-state index in [1.807, 2.05) is 0 Å². The minimum absolute atomic E-state index is 0.673. The van der Waals surface area contributed by atoms with Gasteiger partial charge in [-0.15, -0.1) is 0 Å². The maximum Gasteiger partial charge on any atom is 0.0195 e. The first-order valence-electron chi connectivity index (χ1n) is 8.83. The van der Waals surface area contributed by atoms with Crippen molar-refractivity contribution in [3.63, 3.8) is 0 Å². The van der Waals surface area contributed by atoms with Crippen molar-refractivity contribution < 1.29 is 0 Å². The van der Waals surface area contributed by atoms with E-state index in [9.17, 15) is 0 Å². The number of aryl methyl sites for hydroxylation is 1.